The van der Waals surface area contributed by atoms with Gasteiger partial charge in [-0.15, -0.1) is 34.4 Å². The molecule has 0 amide bonds. The molecule has 0 N–H and O–H groups in total. The molecule has 0 aliphatic carbocycles. The summed E-state index contributed by atoms with van der Waals surface area (Å²) in [4.78, 5) is 15.8. The van der Waals surface area contributed by atoms with Crippen LogP contribution >= 0.6 is 59.3 Å². The Labute approximate surface area is 207 Å². The molecule has 0 saturated heterocycles. The number of aromatic nitrogens is 4. The first-order chi connectivity index (χ1) is 15.4. The van der Waals surface area contributed by atoms with Gasteiger partial charge < -0.3 is 4.57 Å². The monoisotopic (exact) mass is 510 g/mol. The zero-order valence-electron chi connectivity index (χ0n) is 17.5. The van der Waals surface area contributed by atoms with Crippen molar-refractivity contribution in [3.8, 4) is 0 Å². The molecule has 2 aliphatic rings. The van der Waals surface area contributed by atoms with Gasteiger partial charge >= 0.3 is 0 Å². The highest BCUT2D eigenvalue weighted by Gasteiger charge is 2.47. The molecule has 32 heavy (non-hydrogen) atoms. The summed E-state index contributed by atoms with van der Waals surface area (Å²) in [5, 5.41) is 1.36. The largest absolute Gasteiger partial charge is 0.310 e. The van der Waals surface area contributed by atoms with Gasteiger partial charge in [0.25, 0.3) is 0 Å². The minimum atomic E-state index is -0.00765. The molecule has 0 saturated carbocycles. The number of imidazole rings is 2. The van der Waals surface area contributed by atoms with Crippen molar-refractivity contribution in [1.29, 1.82) is 0 Å². The molecule has 0 radical (unpaired) electrons. The number of nitrogens with zero attached hydrogens (tertiary/aromatic N) is 4. The lowest BCUT2D eigenvalue weighted by molar-refractivity contribution is 0.590. The van der Waals surface area contributed by atoms with E-state index in [1.54, 1.807) is 22.7 Å². The van der Waals surface area contributed by atoms with E-state index in [0.29, 0.717) is 0 Å². The van der Waals surface area contributed by atoms with Crippen molar-refractivity contribution in [3.63, 3.8) is 0 Å². The fraction of sp³-hybridized carbons (Fsp3) is 0.261. The van der Waals surface area contributed by atoms with Gasteiger partial charge in [0.05, 0.1) is 21.7 Å². The number of pyridine rings is 1. The average molecular weight is 511 g/mol. The van der Waals surface area contributed by atoms with Gasteiger partial charge in [-0.1, -0.05) is 24.9 Å². The number of thioether (sulfide) groups is 1. The molecule has 9 heteroatoms. The van der Waals surface area contributed by atoms with E-state index in [2.05, 4.69) is 54.5 Å². The van der Waals surface area contributed by atoms with Gasteiger partial charge in [0, 0.05) is 25.8 Å². The first-order valence-corrected chi connectivity index (χ1v) is 13.8. The fourth-order valence-electron chi connectivity index (χ4n) is 5.30. The maximum atomic E-state index is 6.08. The molecular weight excluding hydrogens is 493 g/mol. The molecule has 3 atom stereocenters. The van der Waals surface area contributed by atoms with Crippen molar-refractivity contribution in [3.05, 3.63) is 49.7 Å². The lowest BCUT2D eigenvalue weighted by Crippen LogP contribution is -2.31. The SMILES string of the molecule is C=C1c2nc3sc(C)cc3n2C(S)C2Sc3c(/c(=C\C)c4nc5sc(C)cc5n4c3=S)C12. The summed E-state index contributed by atoms with van der Waals surface area (Å²) < 4.78 is 5.29. The van der Waals surface area contributed by atoms with E-state index >= 15 is 0 Å². The first-order valence-electron chi connectivity index (χ1n) is 10.4. The molecule has 0 fully saturated rings. The van der Waals surface area contributed by atoms with Crippen molar-refractivity contribution in [1.82, 2.24) is 18.9 Å². The standard InChI is InChI=1S/C23H18N4S5/c1-5-11-15-14-10(4)18-24-20-12(6-8(2)30-20)26(18)22(28)16(14)32-17(15)23(29)27-13-7-9(3)31-21(13)25-19(11)27/h5-7,14,16,22,28H,4H2,1-3H3/b11-5+. The van der Waals surface area contributed by atoms with Gasteiger partial charge in [0.2, 0.25) is 0 Å². The number of thiophene rings is 2. The van der Waals surface area contributed by atoms with E-state index < -0.39 is 0 Å². The topological polar surface area (TPSA) is 35.1 Å². The van der Waals surface area contributed by atoms with Crippen LogP contribution in [0, 0.1) is 18.5 Å². The van der Waals surface area contributed by atoms with Gasteiger partial charge in [-0.25, -0.2) is 9.97 Å². The molecule has 2 aliphatic heterocycles. The molecular formula is C23H18N4S5. The Morgan fingerprint density at radius 3 is 2.53 bits per heavy atom. The molecule has 3 unspecified atom stereocenters. The summed E-state index contributed by atoms with van der Waals surface area (Å²) in [5.41, 5.74) is 5.53. The van der Waals surface area contributed by atoms with Gasteiger partial charge in [-0.05, 0) is 44.0 Å². The third-order valence-electron chi connectivity index (χ3n) is 6.57. The third kappa shape index (κ3) is 2.28. The maximum absolute atomic E-state index is 6.08. The highest BCUT2D eigenvalue weighted by atomic mass is 32.2. The summed E-state index contributed by atoms with van der Waals surface area (Å²) in [5.74, 6) is 1.07. The maximum Gasteiger partial charge on any atom is 0.147 e. The van der Waals surface area contributed by atoms with Gasteiger partial charge in [0.15, 0.2) is 0 Å². The number of hydrogen-bond donors (Lipinski definition) is 1. The number of allylic oxidation sites excluding steroid dienone is 1. The summed E-state index contributed by atoms with van der Waals surface area (Å²) in [6, 6.07) is 4.41. The molecule has 0 aromatic carbocycles. The molecule has 0 spiro atoms. The second kappa shape index (κ2) is 6.48. The molecule has 5 aromatic rings. The summed E-state index contributed by atoms with van der Waals surface area (Å²) >= 11 is 16.5. The second-order valence-electron chi connectivity index (χ2n) is 8.42. The lowest BCUT2D eigenvalue weighted by Gasteiger charge is -2.34. The smallest absolute Gasteiger partial charge is 0.147 e. The van der Waals surface area contributed by atoms with E-state index in [1.165, 1.54) is 20.2 Å². The highest BCUT2D eigenvalue weighted by Crippen LogP contribution is 2.58. The average Bonchev–Trinajstić information content (AvgIpc) is 3.51. The Morgan fingerprint density at radius 2 is 1.81 bits per heavy atom. The Hall–Kier alpha value is -1.65. The van der Waals surface area contributed by atoms with Crippen LogP contribution in [0.1, 0.15) is 39.4 Å². The Kier molecular flexibility index (Phi) is 4.00. The Morgan fingerprint density at radius 1 is 1.12 bits per heavy atom. The van der Waals surface area contributed by atoms with Gasteiger partial charge in [0.1, 0.15) is 25.8 Å². The predicted molar refractivity (Wildman–Crippen MR) is 143 cm³/mol. The summed E-state index contributed by atoms with van der Waals surface area (Å²) in [6.07, 6.45) is 2.18. The van der Waals surface area contributed by atoms with E-state index in [1.807, 2.05) is 11.8 Å². The van der Waals surface area contributed by atoms with Crippen LogP contribution in [0.15, 0.2) is 23.6 Å². The van der Waals surface area contributed by atoms with Gasteiger partial charge in [-0.2, -0.15) is 12.6 Å². The second-order valence-corrected chi connectivity index (χ2v) is 13.0. The quantitative estimate of drug-likeness (QED) is 0.190. The van der Waals surface area contributed by atoms with Crippen LogP contribution in [0.5, 0.6) is 0 Å². The van der Waals surface area contributed by atoms with Crippen LogP contribution in [-0.2, 0) is 0 Å². The van der Waals surface area contributed by atoms with E-state index in [-0.39, 0.29) is 16.5 Å². The van der Waals surface area contributed by atoms with Crippen LogP contribution in [-0.4, -0.2) is 24.2 Å². The lowest BCUT2D eigenvalue weighted by atomic mass is 9.85. The highest BCUT2D eigenvalue weighted by molar-refractivity contribution is 8.01. The Bertz CT molecular complexity index is 1770. The van der Waals surface area contributed by atoms with Crippen LogP contribution in [0.4, 0.5) is 0 Å². The molecule has 0 bridgehead atoms. The molecule has 160 valence electrons. The first kappa shape index (κ1) is 19.8. The van der Waals surface area contributed by atoms with Crippen molar-refractivity contribution in [2.45, 2.75) is 42.2 Å². The summed E-state index contributed by atoms with van der Waals surface area (Å²) in [7, 11) is 0. The van der Waals surface area contributed by atoms with Crippen LogP contribution in [0.25, 0.3) is 38.0 Å². The van der Waals surface area contributed by atoms with Crippen molar-refractivity contribution in [2.75, 3.05) is 0 Å². The minimum absolute atomic E-state index is 0.00765. The number of thiol groups is 1. The van der Waals surface area contributed by atoms with Crippen molar-refractivity contribution < 1.29 is 0 Å². The number of rotatable bonds is 0. The third-order valence-corrected chi connectivity index (χ3v) is 11.2. The number of fused-ring (bicyclic) bond motifs is 9. The zero-order valence-corrected chi connectivity index (χ0v) is 21.7. The number of hydrogen-bond acceptors (Lipinski definition) is 7. The Balaban J connectivity index is 1.55. The van der Waals surface area contributed by atoms with Crippen molar-refractivity contribution in [2.24, 2.45) is 0 Å². The molecule has 7 rings (SSSR count). The van der Waals surface area contributed by atoms with E-state index in [4.69, 9.17) is 34.8 Å². The molecule has 5 aromatic heterocycles. The van der Waals surface area contributed by atoms with Gasteiger partial charge in [-0.3, -0.25) is 4.40 Å². The fourth-order valence-corrected chi connectivity index (χ4v) is 9.57. The van der Waals surface area contributed by atoms with E-state index in [9.17, 15) is 0 Å². The molecule has 4 nitrogen and oxygen atoms in total. The molecule has 7 heterocycles. The minimum Gasteiger partial charge on any atom is -0.310 e. The van der Waals surface area contributed by atoms with Crippen LogP contribution in [0.2, 0.25) is 0 Å². The predicted octanol–water partition coefficient (Wildman–Crippen LogP) is 6.54. The van der Waals surface area contributed by atoms with Crippen LogP contribution in [0.3, 0.4) is 0 Å². The number of aryl methyl sites for hydroxylation is 2. The normalized spacial score (nSPS) is 22.9. The summed E-state index contributed by atoms with van der Waals surface area (Å²) in [6.45, 7) is 10.9. The zero-order chi connectivity index (χ0) is 22.0. The van der Waals surface area contributed by atoms with E-state index in [0.717, 1.165) is 47.6 Å². The van der Waals surface area contributed by atoms with Crippen LogP contribution < -0.4 is 5.22 Å². The van der Waals surface area contributed by atoms with Crippen molar-refractivity contribution >= 4 is 97.3 Å².